The van der Waals surface area contributed by atoms with Gasteiger partial charge in [0.1, 0.15) is 12.1 Å². The Kier molecular flexibility index (Phi) is 4.17. The van der Waals surface area contributed by atoms with Gasteiger partial charge in [0.15, 0.2) is 0 Å². The first-order chi connectivity index (χ1) is 9.36. The van der Waals surface area contributed by atoms with E-state index in [0.29, 0.717) is 13.0 Å². The predicted octanol–water partition coefficient (Wildman–Crippen LogP) is 1.12. The number of carbonyl (C=O) groups excluding carboxylic acids is 2. The van der Waals surface area contributed by atoms with Gasteiger partial charge in [-0.1, -0.05) is 6.92 Å². The molecule has 1 N–H and O–H groups in total. The van der Waals surface area contributed by atoms with Gasteiger partial charge in [0, 0.05) is 7.05 Å². The summed E-state index contributed by atoms with van der Waals surface area (Å²) in [4.78, 5) is 26.0. The van der Waals surface area contributed by atoms with Gasteiger partial charge in [-0.25, -0.2) is 0 Å². The molecule has 1 aliphatic rings. The Morgan fingerprint density at radius 1 is 1.40 bits per heavy atom. The summed E-state index contributed by atoms with van der Waals surface area (Å²) in [7, 11) is 1.84. The first kappa shape index (κ1) is 15.0. The molecule has 1 saturated heterocycles. The summed E-state index contributed by atoms with van der Waals surface area (Å²) < 4.78 is 2.63. The summed E-state index contributed by atoms with van der Waals surface area (Å²) in [5.41, 5.74) is 1.77. The Hall–Kier alpha value is -1.37. The minimum atomic E-state index is -0.465. The van der Waals surface area contributed by atoms with Crippen LogP contribution in [0.25, 0.3) is 0 Å². The van der Waals surface area contributed by atoms with Gasteiger partial charge in [-0.2, -0.15) is 5.10 Å². The summed E-state index contributed by atoms with van der Waals surface area (Å²) in [6.45, 7) is 5.91. The monoisotopic (exact) mass is 342 g/mol. The van der Waals surface area contributed by atoms with Crippen LogP contribution in [-0.2, 0) is 23.2 Å². The van der Waals surface area contributed by atoms with Gasteiger partial charge in [-0.3, -0.25) is 14.3 Å². The molecule has 2 rings (SSSR count). The maximum absolute atomic E-state index is 12.4. The lowest BCUT2D eigenvalue weighted by Gasteiger charge is -2.37. The van der Waals surface area contributed by atoms with Crippen molar-refractivity contribution in [2.24, 2.45) is 7.05 Å². The minimum absolute atomic E-state index is 0.0367. The van der Waals surface area contributed by atoms with E-state index in [2.05, 4.69) is 26.3 Å². The molecule has 2 unspecified atom stereocenters. The van der Waals surface area contributed by atoms with E-state index in [1.807, 2.05) is 20.9 Å². The molecule has 1 aromatic rings. The number of aromatic nitrogens is 2. The second kappa shape index (κ2) is 5.55. The van der Waals surface area contributed by atoms with Crippen LogP contribution in [0, 0.1) is 6.92 Å². The second-order valence-electron chi connectivity index (χ2n) is 5.08. The topological polar surface area (TPSA) is 67.2 Å². The van der Waals surface area contributed by atoms with Crippen LogP contribution in [0.2, 0.25) is 0 Å². The maximum atomic E-state index is 12.4. The number of rotatable bonds is 3. The van der Waals surface area contributed by atoms with Crippen LogP contribution in [0.5, 0.6) is 0 Å². The van der Waals surface area contributed by atoms with Gasteiger partial charge in [0.05, 0.1) is 22.4 Å². The fourth-order valence-corrected chi connectivity index (χ4v) is 2.85. The van der Waals surface area contributed by atoms with Crippen molar-refractivity contribution in [2.75, 3.05) is 0 Å². The average Bonchev–Trinajstić information content (AvgIpc) is 2.64. The van der Waals surface area contributed by atoms with Gasteiger partial charge < -0.3 is 10.2 Å². The lowest BCUT2D eigenvalue weighted by molar-refractivity contribution is -0.149. The van der Waals surface area contributed by atoms with Gasteiger partial charge in [0.2, 0.25) is 11.8 Å². The Balaban J connectivity index is 2.30. The molecule has 0 saturated carbocycles. The third-order valence-electron chi connectivity index (χ3n) is 3.73. The van der Waals surface area contributed by atoms with Gasteiger partial charge >= 0.3 is 0 Å². The minimum Gasteiger partial charge on any atom is -0.343 e. The molecule has 110 valence electrons. The maximum Gasteiger partial charge on any atom is 0.246 e. The smallest absolute Gasteiger partial charge is 0.246 e. The number of amides is 2. The first-order valence-corrected chi connectivity index (χ1v) is 7.44. The molecule has 0 radical (unpaired) electrons. The zero-order valence-electron chi connectivity index (χ0n) is 12.1. The molecule has 2 amide bonds. The highest BCUT2D eigenvalue weighted by molar-refractivity contribution is 9.10. The van der Waals surface area contributed by atoms with Crippen LogP contribution in [0.3, 0.4) is 0 Å². The molecule has 1 aromatic heterocycles. The second-order valence-corrected chi connectivity index (χ2v) is 5.87. The molecular weight excluding hydrogens is 324 g/mol. The van der Waals surface area contributed by atoms with Crippen molar-refractivity contribution in [2.45, 2.75) is 45.8 Å². The lowest BCUT2D eigenvalue weighted by Crippen LogP contribution is -2.61. The van der Waals surface area contributed by atoms with Gasteiger partial charge in [-0.05, 0) is 36.2 Å². The number of hydrogen-bond acceptors (Lipinski definition) is 3. The number of piperazine rings is 1. The summed E-state index contributed by atoms with van der Waals surface area (Å²) in [6, 6.07) is -0.890. The van der Waals surface area contributed by atoms with Crippen molar-refractivity contribution in [1.29, 1.82) is 0 Å². The molecule has 2 atom stereocenters. The number of nitrogens with zero attached hydrogens (tertiary/aromatic N) is 3. The van der Waals surface area contributed by atoms with E-state index in [-0.39, 0.29) is 11.8 Å². The molecule has 6 nitrogen and oxygen atoms in total. The average molecular weight is 343 g/mol. The van der Waals surface area contributed by atoms with Crippen molar-refractivity contribution in [3.63, 3.8) is 0 Å². The lowest BCUT2D eigenvalue weighted by atomic mass is 10.1. The van der Waals surface area contributed by atoms with Crippen LogP contribution < -0.4 is 5.32 Å². The van der Waals surface area contributed by atoms with E-state index in [1.165, 1.54) is 0 Å². The van der Waals surface area contributed by atoms with Crippen molar-refractivity contribution in [3.05, 3.63) is 15.9 Å². The van der Waals surface area contributed by atoms with Crippen LogP contribution >= 0.6 is 15.9 Å². The predicted molar refractivity (Wildman–Crippen MR) is 77.9 cm³/mol. The molecular formula is C13H19BrN4O2. The van der Waals surface area contributed by atoms with Crippen molar-refractivity contribution in [3.8, 4) is 0 Å². The zero-order chi connectivity index (χ0) is 15.0. The molecule has 0 bridgehead atoms. The van der Waals surface area contributed by atoms with Crippen LogP contribution in [0.15, 0.2) is 4.47 Å². The van der Waals surface area contributed by atoms with E-state index >= 15 is 0 Å². The van der Waals surface area contributed by atoms with E-state index in [4.69, 9.17) is 0 Å². The number of aryl methyl sites for hydroxylation is 2. The number of hydrogen-bond donors (Lipinski definition) is 1. The molecule has 7 heteroatoms. The quantitative estimate of drug-likeness (QED) is 0.894. The Bertz CT molecular complexity index is 555. The summed E-state index contributed by atoms with van der Waals surface area (Å²) in [5, 5.41) is 7.07. The first-order valence-electron chi connectivity index (χ1n) is 6.65. The third-order valence-corrected chi connectivity index (χ3v) is 4.77. The van der Waals surface area contributed by atoms with Crippen molar-refractivity contribution >= 4 is 27.7 Å². The van der Waals surface area contributed by atoms with E-state index < -0.39 is 12.1 Å². The standard InChI is InChI=1S/C13H19BrN4O2/c1-5-9-13(20)18(8(3)12(19)15-9)6-10-11(14)7(2)16-17(10)4/h8-9H,5-6H2,1-4H3,(H,15,19). The number of carbonyl (C=O) groups is 2. The van der Waals surface area contributed by atoms with Crippen molar-refractivity contribution < 1.29 is 9.59 Å². The Morgan fingerprint density at radius 3 is 2.55 bits per heavy atom. The van der Waals surface area contributed by atoms with Crippen LogP contribution in [0.4, 0.5) is 0 Å². The Morgan fingerprint density at radius 2 is 2.05 bits per heavy atom. The molecule has 0 aliphatic carbocycles. The highest BCUT2D eigenvalue weighted by Gasteiger charge is 2.37. The largest absolute Gasteiger partial charge is 0.343 e. The molecule has 1 fully saturated rings. The molecule has 2 heterocycles. The molecule has 0 spiro atoms. The van der Waals surface area contributed by atoms with Gasteiger partial charge in [0.25, 0.3) is 0 Å². The fourth-order valence-electron chi connectivity index (χ4n) is 2.39. The highest BCUT2D eigenvalue weighted by Crippen LogP contribution is 2.24. The molecule has 0 aromatic carbocycles. The van der Waals surface area contributed by atoms with Crippen LogP contribution in [-0.4, -0.2) is 38.6 Å². The Labute approximate surface area is 126 Å². The summed E-state index contributed by atoms with van der Waals surface area (Å²) in [5.74, 6) is -0.142. The third kappa shape index (κ3) is 2.46. The van der Waals surface area contributed by atoms with E-state index in [0.717, 1.165) is 15.9 Å². The van der Waals surface area contributed by atoms with E-state index in [9.17, 15) is 9.59 Å². The summed E-state index contributed by atoms with van der Waals surface area (Å²) >= 11 is 3.49. The fraction of sp³-hybridized carbons (Fsp3) is 0.615. The SMILES string of the molecule is CCC1NC(=O)C(C)N(Cc2c(Br)c(C)nn2C)C1=O. The zero-order valence-corrected chi connectivity index (χ0v) is 13.7. The van der Waals surface area contributed by atoms with E-state index in [1.54, 1.807) is 16.5 Å². The van der Waals surface area contributed by atoms with Crippen LogP contribution in [0.1, 0.15) is 31.7 Å². The summed E-state index contributed by atoms with van der Waals surface area (Å²) in [6.07, 6.45) is 0.597. The van der Waals surface area contributed by atoms with Crippen molar-refractivity contribution in [1.82, 2.24) is 20.0 Å². The van der Waals surface area contributed by atoms with Gasteiger partial charge in [-0.15, -0.1) is 0 Å². The normalized spacial score (nSPS) is 23.1. The molecule has 1 aliphatic heterocycles. The number of halogens is 1. The molecule has 20 heavy (non-hydrogen) atoms. The number of nitrogens with one attached hydrogen (secondary N) is 1. The highest BCUT2D eigenvalue weighted by atomic mass is 79.9.